The summed E-state index contributed by atoms with van der Waals surface area (Å²) in [6, 6.07) is 6.63. The summed E-state index contributed by atoms with van der Waals surface area (Å²) in [5.41, 5.74) is 2.68. The third-order valence-corrected chi connectivity index (χ3v) is 3.15. The van der Waals surface area contributed by atoms with E-state index in [0.717, 1.165) is 5.56 Å². The molecule has 1 heterocycles. The molecule has 0 bridgehead atoms. The molecule has 0 unspecified atom stereocenters. The van der Waals surface area contributed by atoms with Crippen molar-refractivity contribution >= 4 is 0 Å². The average Bonchev–Trinajstić information content (AvgIpc) is 2.37. The molecule has 1 aromatic carbocycles. The number of hydrogen-bond donors (Lipinski definition) is 0. The maximum absolute atomic E-state index is 13.3. The maximum Gasteiger partial charge on any atom is 0.269 e. The van der Waals surface area contributed by atoms with Crippen LogP contribution in [0.25, 0.3) is 11.3 Å². The van der Waals surface area contributed by atoms with Gasteiger partial charge < -0.3 is 0 Å². The molecule has 4 heteroatoms. The van der Waals surface area contributed by atoms with Crippen molar-refractivity contribution in [3.8, 4) is 11.3 Å². The van der Waals surface area contributed by atoms with Gasteiger partial charge in [0.2, 0.25) is 0 Å². The van der Waals surface area contributed by atoms with Crippen LogP contribution in [0.5, 0.6) is 0 Å². The SMILES string of the molecule is Cc1cc(-c2cc(C)c(=O)n(CC(C)C)n2)ccc1F. The van der Waals surface area contributed by atoms with Crippen molar-refractivity contribution in [3.05, 3.63) is 51.6 Å². The second-order valence-corrected chi connectivity index (χ2v) is 5.56. The zero-order chi connectivity index (χ0) is 14.9. The Morgan fingerprint density at radius 2 is 1.90 bits per heavy atom. The van der Waals surface area contributed by atoms with E-state index in [1.54, 1.807) is 32.0 Å². The highest BCUT2D eigenvalue weighted by atomic mass is 19.1. The fourth-order valence-corrected chi connectivity index (χ4v) is 2.09. The van der Waals surface area contributed by atoms with Crippen molar-refractivity contribution in [1.82, 2.24) is 9.78 Å². The van der Waals surface area contributed by atoms with E-state index in [4.69, 9.17) is 0 Å². The van der Waals surface area contributed by atoms with E-state index in [-0.39, 0.29) is 11.4 Å². The Balaban J connectivity index is 2.54. The van der Waals surface area contributed by atoms with Gasteiger partial charge in [-0.25, -0.2) is 9.07 Å². The Morgan fingerprint density at radius 3 is 2.50 bits per heavy atom. The summed E-state index contributed by atoms with van der Waals surface area (Å²) in [7, 11) is 0. The van der Waals surface area contributed by atoms with Gasteiger partial charge in [-0.15, -0.1) is 0 Å². The Kier molecular flexibility index (Phi) is 4.02. The Labute approximate surface area is 118 Å². The number of rotatable bonds is 3. The van der Waals surface area contributed by atoms with Gasteiger partial charge in [-0.2, -0.15) is 5.10 Å². The first-order valence-electron chi connectivity index (χ1n) is 6.73. The third kappa shape index (κ3) is 2.95. The molecule has 0 saturated carbocycles. The predicted octanol–water partition coefficient (Wildman–Crippen LogP) is 3.32. The van der Waals surface area contributed by atoms with E-state index in [1.807, 2.05) is 13.8 Å². The summed E-state index contributed by atoms with van der Waals surface area (Å²) < 4.78 is 14.8. The van der Waals surface area contributed by atoms with Gasteiger partial charge in [-0.3, -0.25) is 4.79 Å². The molecule has 20 heavy (non-hydrogen) atoms. The summed E-state index contributed by atoms with van der Waals surface area (Å²) >= 11 is 0. The summed E-state index contributed by atoms with van der Waals surface area (Å²) in [5, 5.41) is 4.40. The quantitative estimate of drug-likeness (QED) is 0.860. The highest BCUT2D eigenvalue weighted by Crippen LogP contribution is 2.19. The monoisotopic (exact) mass is 274 g/mol. The van der Waals surface area contributed by atoms with Gasteiger partial charge in [0, 0.05) is 17.7 Å². The molecule has 0 amide bonds. The molecular weight excluding hydrogens is 255 g/mol. The molecule has 2 rings (SSSR count). The molecule has 0 aliphatic rings. The van der Waals surface area contributed by atoms with E-state index in [2.05, 4.69) is 5.10 Å². The fraction of sp³-hybridized carbons (Fsp3) is 0.375. The van der Waals surface area contributed by atoms with Crippen LogP contribution in [0.4, 0.5) is 4.39 Å². The van der Waals surface area contributed by atoms with Gasteiger partial charge in [0.25, 0.3) is 5.56 Å². The van der Waals surface area contributed by atoms with Gasteiger partial charge in [0.15, 0.2) is 0 Å². The van der Waals surface area contributed by atoms with Crippen molar-refractivity contribution in [1.29, 1.82) is 0 Å². The van der Waals surface area contributed by atoms with Crippen molar-refractivity contribution in [2.75, 3.05) is 0 Å². The molecule has 0 spiro atoms. The molecule has 0 saturated heterocycles. The third-order valence-electron chi connectivity index (χ3n) is 3.15. The molecule has 0 N–H and O–H groups in total. The van der Waals surface area contributed by atoms with Gasteiger partial charge in [0.1, 0.15) is 5.82 Å². The predicted molar refractivity (Wildman–Crippen MR) is 78.2 cm³/mol. The van der Waals surface area contributed by atoms with Crippen molar-refractivity contribution < 1.29 is 4.39 Å². The van der Waals surface area contributed by atoms with Crippen molar-refractivity contribution in [2.24, 2.45) is 5.92 Å². The zero-order valence-electron chi connectivity index (χ0n) is 12.3. The highest BCUT2D eigenvalue weighted by molar-refractivity contribution is 5.60. The number of aryl methyl sites for hydroxylation is 2. The standard InChI is InChI=1S/C16H19FN2O/c1-10(2)9-19-16(20)12(4)8-15(18-19)13-5-6-14(17)11(3)7-13/h5-8,10H,9H2,1-4H3. The van der Waals surface area contributed by atoms with Crippen LogP contribution in [-0.2, 0) is 6.54 Å². The summed E-state index contributed by atoms with van der Waals surface area (Å²) in [6.45, 7) is 8.15. The van der Waals surface area contributed by atoms with Crippen LogP contribution in [0, 0.1) is 25.6 Å². The number of nitrogens with zero attached hydrogens (tertiary/aromatic N) is 2. The minimum atomic E-state index is -0.235. The lowest BCUT2D eigenvalue weighted by molar-refractivity contribution is 0.463. The molecule has 1 aromatic heterocycles. The summed E-state index contributed by atoms with van der Waals surface area (Å²) in [6.07, 6.45) is 0. The first-order valence-corrected chi connectivity index (χ1v) is 6.73. The van der Waals surface area contributed by atoms with Gasteiger partial charge >= 0.3 is 0 Å². The molecule has 106 valence electrons. The lowest BCUT2D eigenvalue weighted by atomic mass is 10.1. The minimum absolute atomic E-state index is 0.0683. The summed E-state index contributed by atoms with van der Waals surface area (Å²) in [4.78, 5) is 12.0. The number of halogens is 1. The van der Waals surface area contributed by atoms with Gasteiger partial charge in [-0.1, -0.05) is 13.8 Å². The Morgan fingerprint density at radius 1 is 1.20 bits per heavy atom. The maximum atomic E-state index is 13.3. The molecule has 0 aliphatic carbocycles. The first-order chi connectivity index (χ1) is 9.38. The van der Waals surface area contributed by atoms with E-state index in [1.165, 1.54) is 10.7 Å². The van der Waals surface area contributed by atoms with E-state index >= 15 is 0 Å². The van der Waals surface area contributed by atoms with Crippen LogP contribution < -0.4 is 5.56 Å². The molecule has 0 radical (unpaired) electrons. The topological polar surface area (TPSA) is 34.9 Å². The molecular formula is C16H19FN2O. The first kappa shape index (κ1) is 14.4. The largest absolute Gasteiger partial charge is 0.269 e. The van der Waals surface area contributed by atoms with Crippen LogP contribution in [-0.4, -0.2) is 9.78 Å². The number of aromatic nitrogens is 2. The molecule has 2 aromatic rings. The second-order valence-electron chi connectivity index (χ2n) is 5.56. The van der Waals surface area contributed by atoms with Crippen LogP contribution in [0.15, 0.2) is 29.1 Å². The van der Waals surface area contributed by atoms with Crippen LogP contribution in [0.2, 0.25) is 0 Å². The lowest BCUT2D eigenvalue weighted by Gasteiger charge is -2.11. The lowest BCUT2D eigenvalue weighted by Crippen LogP contribution is -2.27. The van der Waals surface area contributed by atoms with Crippen LogP contribution in [0.3, 0.4) is 0 Å². The van der Waals surface area contributed by atoms with Crippen molar-refractivity contribution in [2.45, 2.75) is 34.2 Å². The van der Waals surface area contributed by atoms with Gasteiger partial charge in [0.05, 0.1) is 5.69 Å². The fourth-order valence-electron chi connectivity index (χ4n) is 2.09. The van der Waals surface area contributed by atoms with Crippen LogP contribution in [0.1, 0.15) is 25.0 Å². The molecule has 0 fully saturated rings. The average molecular weight is 274 g/mol. The number of hydrogen-bond acceptors (Lipinski definition) is 2. The number of benzene rings is 1. The van der Waals surface area contributed by atoms with E-state index < -0.39 is 0 Å². The normalized spacial score (nSPS) is 11.1. The highest BCUT2D eigenvalue weighted by Gasteiger charge is 2.09. The summed E-state index contributed by atoms with van der Waals surface area (Å²) in [5.74, 6) is 0.103. The second kappa shape index (κ2) is 5.57. The Bertz CT molecular complexity index is 689. The molecule has 0 aliphatic heterocycles. The van der Waals surface area contributed by atoms with E-state index in [9.17, 15) is 9.18 Å². The molecule has 0 atom stereocenters. The van der Waals surface area contributed by atoms with Crippen LogP contribution >= 0.6 is 0 Å². The molecule has 3 nitrogen and oxygen atoms in total. The Hall–Kier alpha value is -1.97. The van der Waals surface area contributed by atoms with Crippen molar-refractivity contribution in [3.63, 3.8) is 0 Å². The zero-order valence-corrected chi connectivity index (χ0v) is 12.3. The smallest absolute Gasteiger partial charge is 0.268 e. The van der Waals surface area contributed by atoms with E-state index in [0.29, 0.717) is 29.3 Å². The van der Waals surface area contributed by atoms with Gasteiger partial charge in [-0.05, 0) is 49.6 Å². The minimum Gasteiger partial charge on any atom is -0.268 e.